The molecule has 0 fully saturated rings. The summed E-state index contributed by atoms with van der Waals surface area (Å²) in [6.45, 7) is 3.30. The minimum Gasteiger partial charge on any atom is -0.454 e. The number of nitrogens with one attached hydrogen (secondary N) is 1. The van der Waals surface area contributed by atoms with Gasteiger partial charge in [-0.2, -0.15) is 0 Å². The van der Waals surface area contributed by atoms with Gasteiger partial charge in [0.25, 0.3) is 0 Å². The smallest absolute Gasteiger partial charge is 0.231 e. The summed E-state index contributed by atoms with van der Waals surface area (Å²) < 4.78 is 22.3. The second kappa shape index (κ2) is 4.84. The lowest BCUT2D eigenvalue weighted by molar-refractivity contribution is 0.0463. The van der Waals surface area contributed by atoms with E-state index in [1.54, 1.807) is 0 Å². The van der Waals surface area contributed by atoms with Crippen molar-refractivity contribution in [2.24, 2.45) is 0 Å². The SMILES string of the molecule is C[C@@]12c3ccc4c(c3CN[C@@H]1c1cc3c(cc1C[C@H]2O)OCO3)OCO4. The minimum absolute atomic E-state index is 0.0105. The van der Waals surface area contributed by atoms with Gasteiger partial charge in [0.2, 0.25) is 13.6 Å². The number of aliphatic hydroxyl groups excluding tert-OH is 1. The molecule has 6 rings (SSSR count). The summed E-state index contributed by atoms with van der Waals surface area (Å²) in [5, 5.41) is 14.8. The van der Waals surface area contributed by atoms with Gasteiger partial charge in [-0.15, -0.1) is 0 Å². The Hall–Kier alpha value is -2.44. The van der Waals surface area contributed by atoms with Gasteiger partial charge in [-0.3, -0.25) is 0 Å². The van der Waals surface area contributed by atoms with Crippen LogP contribution in [-0.2, 0) is 18.4 Å². The van der Waals surface area contributed by atoms with Crippen LogP contribution in [0.15, 0.2) is 24.3 Å². The molecule has 0 radical (unpaired) electrons. The summed E-state index contributed by atoms with van der Waals surface area (Å²) in [4.78, 5) is 0. The average Bonchev–Trinajstić information content (AvgIpc) is 3.29. The van der Waals surface area contributed by atoms with Crippen LogP contribution in [0.25, 0.3) is 0 Å². The number of hydrogen-bond acceptors (Lipinski definition) is 6. The summed E-state index contributed by atoms with van der Waals surface area (Å²) in [6, 6.07) is 8.10. The molecule has 1 aliphatic carbocycles. The van der Waals surface area contributed by atoms with Gasteiger partial charge in [-0.05, 0) is 41.3 Å². The van der Waals surface area contributed by atoms with Crippen LogP contribution in [-0.4, -0.2) is 24.8 Å². The van der Waals surface area contributed by atoms with Gasteiger partial charge in [0, 0.05) is 23.6 Å². The number of rotatable bonds is 0. The molecule has 2 aromatic rings. The maximum absolute atomic E-state index is 11.2. The third kappa shape index (κ3) is 1.68. The van der Waals surface area contributed by atoms with Crippen molar-refractivity contribution in [2.45, 2.75) is 37.5 Å². The fourth-order valence-electron chi connectivity index (χ4n) is 4.95. The number of fused-ring (bicyclic) bond motifs is 8. The predicted octanol–water partition coefficient (Wildman–Crippen LogP) is 2.16. The summed E-state index contributed by atoms with van der Waals surface area (Å²) in [5.74, 6) is 3.12. The molecule has 0 saturated heterocycles. The van der Waals surface area contributed by atoms with Crippen LogP contribution in [0.2, 0.25) is 0 Å². The Balaban J connectivity index is 1.54. The average molecular weight is 353 g/mol. The maximum Gasteiger partial charge on any atom is 0.231 e. The molecule has 0 unspecified atom stereocenters. The third-order valence-corrected chi connectivity index (χ3v) is 6.36. The molecule has 6 nitrogen and oxygen atoms in total. The van der Waals surface area contributed by atoms with Gasteiger partial charge in [0.1, 0.15) is 0 Å². The van der Waals surface area contributed by atoms with E-state index in [9.17, 15) is 5.11 Å². The van der Waals surface area contributed by atoms with Crippen LogP contribution >= 0.6 is 0 Å². The second-order valence-electron chi connectivity index (χ2n) is 7.55. The van der Waals surface area contributed by atoms with Crippen molar-refractivity contribution in [1.29, 1.82) is 0 Å². The molecule has 0 spiro atoms. The van der Waals surface area contributed by atoms with E-state index in [0.717, 1.165) is 39.7 Å². The summed E-state index contributed by atoms with van der Waals surface area (Å²) in [6.07, 6.45) is 0.0569. The highest BCUT2D eigenvalue weighted by Crippen LogP contribution is 2.54. The standard InChI is InChI=1S/C20H19NO5/c1-20-13-2-3-14-18(26-9-23-14)12(13)7-21-19(20)11-6-16-15(24-8-25-16)4-10(11)5-17(20)22/h2-4,6,17,19,21-22H,5,7-9H2,1H3/t17-,19-,20+/m1/s1. The topological polar surface area (TPSA) is 69.2 Å². The van der Waals surface area contributed by atoms with Crippen molar-refractivity contribution in [3.05, 3.63) is 46.5 Å². The van der Waals surface area contributed by atoms with Gasteiger partial charge in [-0.25, -0.2) is 0 Å². The third-order valence-electron chi connectivity index (χ3n) is 6.36. The van der Waals surface area contributed by atoms with Crippen LogP contribution < -0.4 is 24.3 Å². The Bertz CT molecular complexity index is 942. The molecule has 3 aliphatic heterocycles. The monoisotopic (exact) mass is 353 g/mol. The van der Waals surface area contributed by atoms with E-state index in [1.165, 1.54) is 5.56 Å². The maximum atomic E-state index is 11.2. The molecular formula is C20H19NO5. The molecule has 4 aliphatic rings. The zero-order chi connectivity index (χ0) is 17.5. The Morgan fingerprint density at radius 1 is 1.04 bits per heavy atom. The molecule has 3 heterocycles. The van der Waals surface area contributed by atoms with Crippen LogP contribution in [0.5, 0.6) is 23.0 Å². The predicted molar refractivity (Wildman–Crippen MR) is 91.8 cm³/mol. The highest BCUT2D eigenvalue weighted by atomic mass is 16.7. The van der Waals surface area contributed by atoms with Gasteiger partial charge in [0.15, 0.2) is 23.0 Å². The second-order valence-corrected chi connectivity index (χ2v) is 7.55. The first-order chi connectivity index (χ1) is 12.7. The quantitative estimate of drug-likeness (QED) is 0.757. The van der Waals surface area contributed by atoms with E-state index >= 15 is 0 Å². The molecule has 6 heteroatoms. The van der Waals surface area contributed by atoms with Crippen molar-refractivity contribution < 1.29 is 24.1 Å². The molecule has 0 amide bonds. The number of hydrogen-bond donors (Lipinski definition) is 2. The number of aliphatic hydroxyl groups is 1. The Labute approximate surface area is 150 Å². The van der Waals surface area contributed by atoms with Gasteiger partial charge in [-0.1, -0.05) is 13.0 Å². The molecule has 0 bridgehead atoms. The van der Waals surface area contributed by atoms with Gasteiger partial charge in [0.05, 0.1) is 6.10 Å². The summed E-state index contributed by atoms with van der Waals surface area (Å²) >= 11 is 0. The van der Waals surface area contributed by atoms with Crippen molar-refractivity contribution in [3.63, 3.8) is 0 Å². The fraction of sp³-hybridized carbons (Fsp3) is 0.400. The van der Waals surface area contributed by atoms with Crippen molar-refractivity contribution in [3.8, 4) is 23.0 Å². The molecule has 134 valence electrons. The molecule has 2 N–H and O–H groups in total. The summed E-state index contributed by atoms with van der Waals surface area (Å²) in [7, 11) is 0. The van der Waals surface area contributed by atoms with E-state index in [-0.39, 0.29) is 19.6 Å². The number of ether oxygens (including phenoxy) is 4. The molecule has 0 aromatic heterocycles. The van der Waals surface area contributed by atoms with Crippen molar-refractivity contribution >= 4 is 0 Å². The zero-order valence-electron chi connectivity index (χ0n) is 14.4. The minimum atomic E-state index is -0.521. The highest BCUT2D eigenvalue weighted by molar-refractivity contribution is 5.59. The highest BCUT2D eigenvalue weighted by Gasteiger charge is 2.51. The lowest BCUT2D eigenvalue weighted by atomic mass is 9.61. The lowest BCUT2D eigenvalue weighted by Gasteiger charge is -2.50. The molecule has 3 atom stereocenters. The van der Waals surface area contributed by atoms with E-state index in [2.05, 4.69) is 24.4 Å². The fourth-order valence-corrected chi connectivity index (χ4v) is 4.95. The van der Waals surface area contributed by atoms with E-state index in [1.807, 2.05) is 12.1 Å². The first-order valence-electron chi connectivity index (χ1n) is 8.92. The van der Waals surface area contributed by atoms with Gasteiger partial charge >= 0.3 is 0 Å². The normalized spacial score (nSPS) is 29.8. The van der Waals surface area contributed by atoms with Crippen LogP contribution in [0.3, 0.4) is 0 Å². The molecule has 26 heavy (non-hydrogen) atoms. The molecule has 0 saturated carbocycles. The zero-order valence-corrected chi connectivity index (χ0v) is 14.4. The molecular weight excluding hydrogens is 334 g/mol. The largest absolute Gasteiger partial charge is 0.454 e. The Kier molecular flexibility index (Phi) is 2.74. The van der Waals surface area contributed by atoms with E-state index in [4.69, 9.17) is 18.9 Å². The summed E-state index contributed by atoms with van der Waals surface area (Å²) in [5.41, 5.74) is 4.03. The first-order valence-corrected chi connectivity index (χ1v) is 8.92. The van der Waals surface area contributed by atoms with Crippen molar-refractivity contribution in [1.82, 2.24) is 5.32 Å². The van der Waals surface area contributed by atoms with Gasteiger partial charge < -0.3 is 29.4 Å². The van der Waals surface area contributed by atoms with E-state index in [0.29, 0.717) is 13.0 Å². The first kappa shape index (κ1) is 14.7. The van der Waals surface area contributed by atoms with Crippen LogP contribution in [0, 0.1) is 0 Å². The lowest BCUT2D eigenvalue weighted by Crippen LogP contribution is -2.54. The number of benzene rings is 2. The molecule has 2 aromatic carbocycles. The van der Waals surface area contributed by atoms with E-state index < -0.39 is 11.5 Å². The van der Waals surface area contributed by atoms with Crippen LogP contribution in [0.4, 0.5) is 0 Å². The Morgan fingerprint density at radius 2 is 1.81 bits per heavy atom. The Morgan fingerprint density at radius 3 is 2.69 bits per heavy atom. The van der Waals surface area contributed by atoms with Crippen molar-refractivity contribution in [2.75, 3.05) is 13.6 Å². The van der Waals surface area contributed by atoms with Crippen LogP contribution in [0.1, 0.15) is 35.2 Å².